The lowest BCUT2D eigenvalue weighted by atomic mass is 10.1. The Balaban J connectivity index is 2.22. The molecule has 0 spiro atoms. The summed E-state index contributed by atoms with van der Waals surface area (Å²) in [5.41, 5.74) is 0.832. The number of benzene rings is 2. The van der Waals surface area contributed by atoms with E-state index >= 15 is 0 Å². The molecule has 2 aromatic rings. The molecule has 3 heteroatoms. The third-order valence-electron chi connectivity index (χ3n) is 2.95. The Morgan fingerprint density at radius 3 is 2.42 bits per heavy atom. The molecule has 0 aliphatic carbocycles. The van der Waals surface area contributed by atoms with Gasteiger partial charge < -0.3 is 9.84 Å². The molecule has 2 nitrogen and oxygen atoms in total. The van der Waals surface area contributed by atoms with Crippen molar-refractivity contribution in [2.24, 2.45) is 0 Å². The molecule has 0 saturated heterocycles. The van der Waals surface area contributed by atoms with Crippen molar-refractivity contribution in [3.05, 3.63) is 54.1 Å². The third kappa shape index (κ3) is 3.52. The molecule has 0 bridgehead atoms. The third-order valence-corrected chi connectivity index (χ3v) is 3.70. The summed E-state index contributed by atoms with van der Waals surface area (Å²) in [7, 11) is 0. The molecule has 0 saturated carbocycles. The number of hydrogen-bond acceptors (Lipinski definition) is 3. The van der Waals surface area contributed by atoms with Crippen LogP contribution in [0.4, 0.5) is 0 Å². The van der Waals surface area contributed by atoms with Crippen LogP contribution in [0, 0.1) is 0 Å². The molecule has 0 heterocycles. The van der Waals surface area contributed by atoms with Gasteiger partial charge in [0, 0.05) is 10.5 Å². The topological polar surface area (TPSA) is 29.5 Å². The van der Waals surface area contributed by atoms with Crippen LogP contribution < -0.4 is 4.74 Å². The quantitative estimate of drug-likeness (QED) is 0.805. The predicted molar refractivity (Wildman–Crippen MR) is 80.0 cm³/mol. The van der Waals surface area contributed by atoms with E-state index in [-0.39, 0.29) is 0 Å². The number of ether oxygens (including phenoxy) is 1. The lowest BCUT2D eigenvalue weighted by molar-refractivity contribution is 0.170. The van der Waals surface area contributed by atoms with E-state index in [0.717, 1.165) is 11.3 Å². The second-order valence-corrected chi connectivity index (χ2v) is 5.12. The van der Waals surface area contributed by atoms with Crippen LogP contribution in [-0.2, 0) is 0 Å². The van der Waals surface area contributed by atoms with Gasteiger partial charge in [0.1, 0.15) is 11.5 Å². The fourth-order valence-corrected chi connectivity index (χ4v) is 2.25. The summed E-state index contributed by atoms with van der Waals surface area (Å²) in [5.74, 6) is 1.50. The highest BCUT2D eigenvalue weighted by atomic mass is 32.2. The minimum Gasteiger partial charge on any atom is -0.457 e. The fraction of sp³-hybridized carbons (Fsp3) is 0.250. The van der Waals surface area contributed by atoms with Gasteiger partial charge in [-0.2, -0.15) is 0 Å². The maximum atomic E-state index is 9.99. The van der Waals surface area contributed by atoms with E-state index in [1.54, 1.807) is 11.8 Å². The molecule has 1 N–H and O–H groups in total. The SMILES string of the molecule is CCC(O)c1ccccc1Oc1ccc(SC)cc1. The molecule has 1 unspecified atom stereocenters. The maximum Gasteiger partial charge on any atom is 0.133 e. The van der Waals surface area contributed by atoms with Crippen molar-refractivity contribution in [1.29, 1.82) is 0 Å². The Kier molecular flexibility index (Phi) is 4.88. The maximum absolute atomic E-state index is 9.99. The van der Waals surface area contributed by atoms with Gasteiger partial charge in [0.25, 0.3) is 0 Å². The lowest BCUT2D eigenvalue weighted by Crippen LogP contribution is -1.98. The molecule has 2 rings (SSSR count). The highest BCUT2D eigenvalue weighted by Crippen LogP contribution is 2.31. The van der Waals surface area contributed by atoms with Gasteiger partial charge in [0.15, 0.2) is 0 Å². The van der Waals surface area contributed by atoms with Gasteiger partial charge in [0.05, 0.1) is 6.10 Å². The second-order valence-electron chi connectivity index (χ2n) is 4.24. The normalized spacial score (nSPS) is 12.2. The van der Waals surface area contributed by atoms with Crippen LogP contribution in [0.5, 0.6) is 11.5 Å². The van der Waals surface area contributed by atoms with Crippen molar-refractivity contribution in [3.8, 4) is 11.5 Å². The van der Waals surface area contributed by atoms with E-state index in [9.17, 15) is 5.11 Å². The molecule has 2 aromatic carbocycles. The molecule has 0 aliphatic rings. The van der Waals surface area contributed by atoms with Gasteiger partial charge in [-0.1, -0.05) is 25.1 Å². The van der Waals surface area contributed by atoms with Gasteiger partial charge in [-0.25, -0.2) is 0 Å². The molecule has 0 aromatic heterocycles. The van der Waals surface area contributed by atoms with E-state index in [1.165, 1.54) is 4.90 Å². The highest BCUT2D eigenvalue weighted by molar-refractivity contribution is 7.98. The van der Waals surface area contributed by atoms with Crippen molar-refractivity contribution >= 4 is 11.8 Å². The number of aliphatic hydroxyl groups is 1. The molecule has 1 atom stereocenters. The first kappa shape index (κ1) is 14.0. The molecular formula is C16H18O2S. The lowest BCUT2D eigenvalue weighted by Gasteiger charge is -2.14. The van der Waals surface area contributed by atoms with Crippen LogP contribution in [0.3, 0.4) is 0 Å². The van der Waals surface area contributed by atoms with Crippen molar-refractivity contribution in [2.45, 2.75) is 24.3 Å². The van der Waals surface area contributed by atoms with Gasteiger partial charge in [0.2, 0.25) is 0 Å². The number of aliphatic hydroxyl groups excluding tert-OH is 1. The molecular weight excluding hydrogens is 256 g/mol. The number of hydrogen-bond donors (Lipinski definition) is 1. The average molecular weight is 274 g/mol. The molecule has 0 amide bonds. The smallest absolute Gasteiger partial charge is 0.133 e. The fourth-order valence-electron chi connectivity index (χ4n) is 1.84. The zero-order valence-corrected chi connectivity index (χ0v) is 12.0. The van der Waals surface area contributed by atoms with Crippen molar-refractivity contribution < 1.29 is 9.84 Å². The van der Waals surface area contributed by atoms with Crippen LogP contribution in [0.1, 0.15) is 25.0 Å². The number of para-hydroxylation sites is 1. The van der Waals surface area contributed by atoms with Crippen molar-refractivity contribution in [1.82, 2.24) is 0 Å². The summed E-state index contributed by atoms with van der Waals surface area (Å²) in [6.45, 7) is 1.95. The van der Waals surface area contributed by atoms with Crippen LogP contribution in [0.15, 0.2) is 53.4 Å². The van der Waals surface area contributed by atoms with Crippen molar-refractivity contribution in [2.75, 3.05) is 6.26 Å². The Hall–Kier alpha value is -1.45. The van der Waals surface area contributed by atoms with Gasteiger partial charge in [-0.05, 0) is 43.0 Å². The zero-order valence-electron chi connectivity index (χ0n) is 11.2. The van der Waals surface area contributed by atoms with Crippen molar-refractivity contribution in [3.63, 3.8) is 0 Å². The Morgan fingerprint density at radius 1 is 1.11 bits per heavy atom. The summed E-state index contributed by atoms with van der Waals surface area (Å²) in [5, 5.41) is 9.99. The first-order valence-electron chi connectivity index (χ1n) is 6.33. The van der Waals surface area contributed by atoms with E-state index in [0.29, 0.717) is 12.2 Å². The zero-order chi connectivity index (χ0) is 13.7. The summed E-state index contributed by atoms with van der Waals surface area (Å²) < 4.78 is 5.86. The van der Waals surface area contributed by atoms with Crippen LogP contribution in [0.2, 0.25) is 0 Å². The standard InChI is InChI=1S/C16H18O2S/c1-3-15(17)14-6-4-5-7-16(14)18-12-8-10-13(19-2)11-9-12/h4-11,15,17H,3H2,1-2H3. The van der Waals surface area contributed by atoms with E-state index in [4.69, 9.17) is 4.74 Å². The first-order chi connectivity index (χ1) is 9.24. The minimum atomic E-state index is -0.485. The monoisotopic (exact) mass is 274 g/mol. The Bertz CT molecular complexity index is 523. The Morgan fingerprint density at radius 2 is 1.79 bits per heavy atom. The van der Waals surface area contributed by atoms with E-state index in [1.807, 2.05) is 61.7 Å². The summed E-state index contributed by atoms with van der Waals surface area (Å²) in [6, 6.07) is 15.6. The van der Waals surface area contributed by atoms with Crippen LogP contribution >= 0.6 is 11.8 Å². The molecule has 19 heavy (non-hydrogen) atoms. The Labute approximate surface area is 118 Å². The predicted octanol–water partition coefficient (Wildman–Crippen LogP) is 4.64. The second kappa shape index (κ2) is 6.64. The molecule has 0 aliphatic heterocycles. The number of rotatable bonds is 5. The van der Waals surface area contributed by atoms with Gasteiger partial charge in [-0.3, -0.25) is 0 Å². The van der Waals surface area contributed by atoms with Gasteiger partial charge >= 0.3 is 0 Å². The molecule has 0 radical (unpaired) electrons. The number of thioether (sulfide) groups is 1. The molecule has 100 valence electrons. The first-order valence-corrected chi connectivity index (χ1v) is 7.56. The van der Waals surface area contributed by atoms with Gasteiger partial charge in [-0.15, -0.1) is 11.8 Å². The minimum absolute atomic E-state index is 0.485. The largest absolute Gasteiger partial charge is 0.457 e. The summed E-state index contributed by atoms with van der Waals surface area (Å²) in [6.07, 6.45) is 2.23. The summed E-state index contributed by atoms with van der Waals surface area (Å²) in [4.78, 5) is 1.20. The van der Waals surface area contributed by atoms with E-state index < -0.39 is 6.10 Å². The summed E-state index contributed by atoms with van der Waals surface area (Å²) >= 11 is 1.70. The average Bonchev–Trinajstić information content (AvgIpc) is 2.48. The van der Waals surface area contributed by atoms with E-state index in [2.05, 4.69) is 0 Å². The van der Waals surface area contributed by atoms with Crippen LogP contribution in [-0.4, -0.2) is 11.4 Å². The van der Waals surface area contributed by atoms with Crippen LogP contribution in [0.25, 0.3) is 0 Å². The highest BCUT2D eigenvalue weighted by Gasteiger charge is 2.11. The molecule has 0 fully saturated rings.